The van der Waals surface area contributed by atoms with Crippen LogP contribution in [0.3, 0.4) is 0 Å². The monoisotopic (exact) mass is 701 g/mol. The van der Waals surface area contributed by atoms with Crippen LogP contribution in [0.25, 0.3) is 72.2 Å². The van der Waals surface area contributed by atoms with E-state index in [-0.39, 0.29) is 0 Å². The molecule has 8 aromatic carbocycles. The van der Waals surface area contributed by atoms with Crippen LogP contribution in [0.4, 0.5) is 0 Å². The predicted octanol–water partition coefficient (Wildman–Crippen LogP) is 12.5. The number of para-hydroxylation sites is 1. The molecule has 12 rings (SSSR count). The highest BCUT2D eigenvalue weighted by atomic mass is 16.5. The lowest BCUT2D eigenvalue weighted by molar-refractivity contribution is 0.442. The zero-order valence-corrected chi connectivity index (χ0v) is 29.6. The van der Waals surface area contributed by atoms with Gasteiger partial charge in [-0.25, -0.2) is 9.97 Å². The van der Waals surface area contributed by atoms with Gasteiger partial charge in [-0.1, -0.05) is 164 Å². The van der Waals surface area contributed by atoms with E-state index in [1.165, 1.54) is 33.0 Å². The van der Waals surface area contributed by atoms with Gasteiger partial charge < -0.3 is 4.74 Å². The molecule has 0 bridgehead atoms. The normalized spacial score (nSPS) is 13.4. The molecule has 0 unspecified atom stereocenters. The summed E-state index contributed by atoms with van der Waals surface area (Å²) < 4.78 is 9.56. The molecule has 0 atom stereocenters. The Hall–Kier alpha value is -7.30. The third kappa shape index (κ3) is 4.11. The molecule has 2 aromatic heterocycles. The van der Waals surface area contributed by atoms with E-state index in [9.17, 15) is 0 Å². The number of benzene rings is 8. The summed E-state index contributed by atoms with van der Waals surface area (Å²) in [5, 5.41) is 4.55. The van der Waals surface area contributed by atoms with Gasteiger partial charge in [0.05, 0.1) is 27.5 Å². The van der Waals surface area contributed by atoms with Crippen molar-refractivity contribution in [3.8, 4) is 51.1 Å². The lowest BCUT2D eigenvalue weighted by atomic mass is 9.66. The Kier molecular flexibility index (Phi) is 6.23. The Morgan fingerprint density at radius 2 is 1.05 bits per heavy atom. The summed E-state index contributed by atoms with van der Waals surface area (Å²) in [7, 11) is 0. The highest BCUT2D eigenvalue weighted by molar-refractivity contribution is 6.23. The van der Waals surface area contributed by atoms with Crippen LogP contribution in [-0.4, -0.2) is 14.5 Å². The van der Waals surface area contributed by atoms with Crippen LogP contribution in [-0.2, 0) is 5.41 Å². The fourth-order valence-corrected chi connectivity index (χ4v) is 9.45. The van der Waals surface area contributed by atoms with Gasteiger partial charge >= 0.3 is 0 Å². The molecule has 4 nitrogen and oxygen atoms in total. The predicted molar refractivity (Wildman–Crippen MR) is 222 cm³/mol. The second kappa shape index (κ2) is 11.3. The molecule has 0 saturated heterocycles. The highest BCUT2D eigenvalue weighted by Crippen LogP contribution is 2.63. The topological polar surface area (TPSA) is 39.9 Å². The van der Waals surface area contributed by atoms with Crippen molar-refractivity contribution < 1.29 is 4.74 Å². The molecule has 1 aliphatic carbocycles. The molecule has 1 spiro atoms. The molecule has 0 saturated carbocycles. The molecule has 0 fully saturated rings. The number of rotatable bonds is 3. The summed E-state index contributed by atoms with van der Waals surface area (Å²) in [6.45, 7) is 0. The van der Waals surface area contributed by atoms with Crippen LogP contribution in [0, 0.1) is 0 Å². The van der Waals surface area contributed by atoms with Crippen molar-refractivity contribution in [2.24, 2.45) is 0 Å². The fraction of sp³-hybridized carbons (Fsp3) is 0.0196. The Labute approximate surface area is 317 Å². The largest absolute Gasteiger partial charge is 0.456 e. The van der Waals surface area contributed by atoms with Crippen molar-refractivity contribution in [2.45, 2.75) is 5.41 Å². The number of hydrogen-bond acceptors (Lipinski definition) is 3. The Morgan fingerprint density at radius 1 is 0.455 bits per heavy atom. The molecule has 2 aliphatic rings. The van der Waals surface area contributed by atoms with Crippen LogP contribution < -0.4 is 4.74 Å². The molecule has 4 heteroatoms. The molecule has 1 aliphatic heterocycles. The van der Waals surface area contributed by atoms with E-state index < -0.39 is 5.41 Å². The Bertz CT molecular complexity index is 3080. The maximum atomic E-state index is 7.25. The minimum atomic E-state index is -0.569. The number of aromatic nitrogens is 3. The first kappa shape index (κ1) is 30.2. The molecule has 55 heavy (non-hydrogen) atoms. The van der Waals surface area contributed by atoms with Crippen molar-refractivity contribution in [3.63, 3.8) is 0 Å². The number of ether oxygens (including phenoxy) is 1. The molecule has 0 amide bonds. The summed E-state index contributed by atoms with van der Waals surface area (Å²) >= 11 is 0. The van der Waals surface area contributed by atoms with Crippen molar-refractivity contribution in [1.29, 1.82) is 0 Å². The molecule has 10 aromatic rings. The third-order valence-electron chi connectivity index (χ3n) is 11.7. The third-order valence-corrected chi connectivity index (χ3v) is 11.7. The van der Waals surface area contributed by atoms with Gasteiger partial charge in [0, 0.05) is 33.7 Å². The first-order valence-corrected chi connectivity index (χ1v) is 18.8. The number of fused-ring (bicyclic) bond motifs is 15. The van der Waals surface area contributed by atoms with E-state index in [2.05, 4.69) is 168 Å². The minimum absolute atomic E-state index is 0.569. The van der Waals surface area contributed by atoms with Crippen molar-refractivity contribution in [1.82, 2.24) is 14.5 Å². The first-order chi connectivity index (χ1) is 27.3. The van der Waals surface area contributed by atoms with Gasteiger partial charge in [0.1, 0.15) is 17.3 Å². The lowest BCUT2D eigenvalue weighted by Gasteiger charge is -2.39. The van der Waals surface area contributed by atoms with E-state index in [4.69, 9.17) is 14.7 Å². The average molecular weight is 702 g/mol. The number of nitrogens with zero attached hydrogens (tertiary/aromatic N) is 3. The minimum Gasteiger partial charge on any atom is -0.456 e. The van der Waals surface area contributed by atoms with Crippen LogP contribution in [0.5, 0.6) is 11.5 Å². The molecule has 256 valence electrons. The van der Waals surface area contributed by atoms with Crippen molar-refractivity contribution in [2.75, 3.05) is 0 Å². The standard InChI is InChI=1S/C51H31N3O/c1-3-16-33(17-4-1)42-31-46(53-50(52-42)34-18-5-2-6-19-34)54-43-29-27-32-15-7-8-20-35(32)47(43)48-44(54)30-28-41-49(48)55-45-26-14-13-25-40(45)51(41)38-23-11-9-21-36(38)37-22-10-12-24-39(37)51/h1-31H. The molecular formula is C51H31N3O. The van der Waals surface area contributed by atoms with Crippen LogP contribution in [0.1, 0.15) is 22.3 Å². The molecule has 3 heterocycles. The van der Waals surface area contributed by atoms with Gasteiger partial charge in [-0.3, -0.25) is 4.57 Å². The summed E-state index contributed by atoms with van der Waals surface area (Å²) in [4.78, 5) is 10.5. The summed E-state index contributed by atoms with van der Waals surface area (Å²) in [5.74, 6) is 3.22. The van der Waals surface area contributed by atoms with Gasteiger partial charge in [-0.05, 0) is 51.2 Å². The van der Waals surface area contributed by atoms with Crippen molar-refractivity contribution in [3.05, 3.63) is 210 Å². The summed E-state index contributed by atoms with van der Waals surface area (Å²) in [5.41, 5.74) is 11.7. The van der Waals surface area contributed by atoms with E-state index in [1.807, 2.05) is 24.3 Å². The van der Waals surface area contributed by atoms with Gasteiger partial charge in [0.15, 0.2) is 5.82 Å². The average Bonchev–Trinajstić information content (AvgIpc) is 3.76. The van der Waals surface area contributed by atoms with E-state index in [0.717, 1.165) is 67.1 Å². The van der Waals surface area contributed by atoms with Gasteiger partial charge in [-0.15, -0.1) is 0 Å². The first-order valence-electron chi connectivity index (χ1n) is 18.8. The summed E-state index contributed by atoms with van der Waals surface area (Å²) in [6.07, 6.45) is 0. The zero-order valence-electron chi connectivity index (χ0n) is 29.6. The number of hydrogen-bond donors (Lipinski definition) is 0. The van der Waals surface area contributed by atoms with Gasteiger partial charge in [-0.2, -0.15) is 0 Å². The van der Waals surface area contributed by atoms with Crippen LogP contribution in [0.15, 0.2) is 188 Å². The van der Waals surface area contributed by atoms with E-state index in [0.29, 0.717) is 5.82 Å². The molecule has 0 N–H and O–H groups in total. The quantitative estimate of drug-likeness (QED) is 0.184. The lowest BCUT2D eigenvalue weighted by Crippen LogP contribution is -2.32. The summed E-state index contributed by atoms with van der Waals surface area (Å²) in [6, 6.07) is 66.9. The van der Waals surface area contributed by atoms with Crippen LogP contribution >= 0.6 is 0 Å². The second-order valence-corrected chi connectivity index (χ2v) is 14.5. The van der Waals surface area contributed by atoms with E-state index >= 15 is 0 Å². The zero-order chi connectivity index (χ0) is 36.1. The van der Waals surface area contributed by atoms with E-state index in [1.54, 1.807) is 0 Å². The second-order valence-electron chi connectivity index (χ2n) is 14.5. The SMILES string of the molecule is c1ccc(-c2cc(-n3c4ccc5c(c4c4c6ccccc6ccc43)Oc3ccccc3C53c4ccccc4-c4ccccc43)nc(-c3ccccc3)n2)cc1. The van der Waals surface area contributed by atoms with Crippen molar-refractivity contribution >= 4 is 32.6 Å². The van der Waals surface area contributed by atoms with Gasteiger partial charge in [0.25, 0.3) is 0 Å². The molecule has 0 radical (unpaired) electrons. The fourth-order valence-electron chi connectivity index (χ4n) is 9.45. The Balaban J connectivity index is 1.24. The maximum absolute atomic E-state index is 7.25. The maximum Gasteiger partial charge on any atom is 0.162 e. The van der Waals surface area contributed by atoms with Gasteiger partial charge in [0.2, 0.25) is 0 Å². The highest BCUT2D eigenvalue weighted by Gasteiger charge is 2.51. The molecular weight excluding hydrogens is 671 g/mol. The smallest absolute Gasteiger partial charge is 0.162 e. The Morgan fingerprint density at radius 3 is 1.82 bits per heavy atom. The van der Waals surface area contributed by atoms with Crippen LogP contribution in [0.2, 0.25) is 0 Å².